The van der Waals surface area contributed by atoms with E-state index >= 15 is 0 Å². The minimum Gasteiger partial charge on any atom is -0.319 e. The van der Waals surface area contributed by atoms with Crippen LogP contribution in [-0.4, -0.2) is 31.4 Å². The van der Waals surface area contributed by atoms with Crippen molar-refractivity contribution in [2.75, 3.05) is 14.1 Å². The molecule has 0 radical (unpaired) electrons. The van der Waals surface area contributed by atoms with Gasteiger partial charge in [-0.3, -0.25) is 0 Å². The fraction of sp³-hybridized carbons (Fsp3) is 0.211. The first kappa shape index (κ1) is 22.8. The summed E-state index contributed by atoms with van der Waals surface area (Å²) < 4.78 is 28.0. The third kappa shape index (κ3) is 4.58. The Labute approximate surface area is 184 Å². The standard InChI is InChI=1S/C19H20ClN3O2S2.BrH/c1-13-5-7-14(8-6-13)21-19-23(4)18(12-26-19)16-11-15(9-10-17(16)20)27(24,25)22(2)3;/h5-12H,1-4H3;1H. The van der Waals surface area contributed by atoms with Crippen LogP contribution in [-0.2, 0) is 17.1 Å². The summed E-state index contributed by atoms with van der Waals surface area (Å²) in [7, 11) is 1.37. The highest BCUT2D eigenvalue weighted by atomic mass is 79.9. The lowest BCUT2D eigenvalue weighted by Gasteiger charge is -2.13. The fourth-order valence-corrected chi connectivity index (χ4v) is 4.58. The van der Waals surface area contributed by atoms with E-state index in [1.165, 1.54) is 41.4 Å². The number of thiazole rings is 1. The van der Waals surface area contributed by atoms with E-state index in [1.807, 2.05) is 48.2 Å². The number of hydrogen-bond donors (Lipinski definition) is 0. The first-order valence-corrected chi connectivity index (χ1v) is 10.9. The molecule has 28 heavy (non-hydrogen) atoms. The van der Waals surface area contributed by atoms with E-state index < -0.39 is 10.0 Å². The second-order valence-corrected chi connectivity index (χ2v) is 9.73. The largest absolute Gasteiger partial charge is 0.319 e. The zero-order chi connectivity index (χ0) is 19.8. The van der Waals surface area contributed by atoms with Crippen LogP contribution >= 0.6 is 39.9 Å². The van der Waals surface area contributed by atoms with Gasteiger partial charge in [0, 0.05) is 37.1 Å². The van der Waals surface area contributed by atoms with Crippen molar-refractivity contribution >= 4 is 55.6 Å². The van der Waals surface area contributed by atoms with Gasteiger partial charge in [0.05, 0.1) is 16.3 Å². The first-order valence-electron chi connectivity index (χ1n) is 8.18. The van der Waals surface area contributed by atoms with Crippen molar-refractivity contribution in [1.29, 1.82) is 0 Å². The maximum atomic E-state index is 12.4. The Morgan fingerprint density at radius 3 is 2.36 bits per heavy atom. The van der Waals surface area contributed by atoms with Crippen LogP contribution in [0.5, 0.6) is 0 Å². The molecule has 2 aromatic carbocycles. The summed E-state index contributed by atoms with van der Waals surface area (Å²) >= 11 is 7.85. The van der Waals surface area contributed by atoms with Crippen molar-refractivity contribution in [3.63, 3.8) is 0 Å². The molecule has 5 nitrogen and oxygen atoms in total. The lowest BCUT2D eigenvalue weighted by molar-refractivity contribution is 0.521. The highest BCUT2D eigenvalue weighted by Gasteiger charge is 2.20. The molecule has 0 aliphatic rings. The summed E-state index contributed by atoms with van der Waals surface area (Å²) in [4.78, 5) is 5.67. The SMILES string of the molecule is Br.Cc1ccc(N=c2scc(-c3cc(S(=O)(=O)N(C)C)ccc3Cl)n2C)cc1. The predicted octanol–water partition coefficient (Wildman–Crippen LogP) is 4.78. The normalized spacial score (nSPS) is 12.3. The van der Waals surface area contributed by atoms with Crippen LogP contribution in [0.4, 0.5) is 5.69 Å². The highest BCUT2D eigenvalue weighted by Crippen LogP contribution is 2.31. The Bertz CT molecular complexity index is 1150. The Kier molecular flexibility index (Phi) is 7.27. The summed E-state index contributed by atoms with van der Waals surface area (Å²) in [6.07, 6.45) is 0. The molecule has 0 aliphatic heterocycles. The van der Waals surface area contributed by atoms with Crippen LogP contribution < -0.4 is 4.80 Å². The van der Waals surface area contributed by atoms with Gasteiger partial charge in [0.1, 0.15) is 0 Å². The van der Waals surface area contributed by atoms with Gasteiger partial charge < -0.3 is 4.57 Å². The summed E-state index contributed by atoms with van der Waals surface area (Å²) in [5.41, 5.74) is 3.51. The van der Waals surface area contributed by atoms with Gasteiger partial charge in [-0.25, -0.2) is 17.7 Å². The minimum atomic E-state index is -3.54. The Morgan fingerprint density at radius 2 is 1.75 bits per heavy atom. The zero-order valence-electron chi connectivity index (χ0n) is 15.9. The lowest BCUT2D eigenvalue weighted by Crippen LogP contribution is -2.22. The molecule has 9 heteroatoms. The Hall–Kier alpha value is -1.45. The van der Waals surface area contributed by atoms with E-state index in [-0.39, 0.29) is 21.9 Å². The second kappa shape index (κ2) is 8.92. The Morgan fingerprint density at radius 1 is 1.11 bits per heavy atom. The van der Waals surface area contributed by atoms with E-state index in [0.717, 1.165) is 16.2 Å². The van der Waals surface area contributed by atoms with E-state index in [1.54, 1.807) is 12.1 Å². The molecule has 0 aliphatic carbocycles. The molecular weight excluding hydrogens is 482 g/mol. The monoisotopic (exact) mass is 501 g/mol. The van der Waals surface area contributed by atoms with E-state index in [4.69, 9.17) is 11.6 Å². The van der Waals surface area contributed by atoms with E-state index in [9.17, 15) is 8.42 Å². The molecule has 0 unspecified atom stereocenters. The zero-order valence-corrected chi connectivity index (χ0v) is 20.0. The molecule has 1 heterocycles. The number of aryl methyl sites for hydroxylation is 1. The molecule has 0 amide bonds. The number of hydrogen-bond acceptors (Lipinski definition) is 4. The minimum absolute atomic E-state index is 0. The van der Waals surface area contributed by atoms with Crippen LogP contribution in [0.3, 0.4) is 0 Å². The van der Waals surface area contributed by atoms with Gasteiger partial charge in [-0.05, 0) is 37.3 Å². The van der Waals surface area contributed by atoms with Gasteiger partial charge in [-0.2, -0.15) is 0 Å². The van der Waals surface area contributed by atoms with Gasteiger partial charge in [0.2, 0.25) is 10.0 Å². The second-order valence-electron chi connectivity index (χ2n) is 6.34. The molecule has 0 saturated heterocycles. The van der Waals surface area contributed by atoms with E-state index in [2.05, 4.69) is 4.99 Å². The number of nitrogens with zero attached hydrogens (tertiary/aromatic N) is 3. The topological polar surface area (TPSA) is 54.7 Å². The van der Waals surface area contributed by atoms with Crippen molar-refractivity contribution in [1.82, 2.24) is 8.87 Å². The summed E-state index contributed by atoms with van der Waals surface area (Å²) in [6, 6.07) is 12.7. The maximum Gasteiger partial charge on any atom is 0.242 e. The summed E-state index contributed by atoms with van der Waals surface area (Å²) in [5.74, 6) is 0. The van der Waals surface area contributed by atoms with Crippen molar-refractivity contribution in [2.45, 2.75) is 11.8 Å². The third-order valence-corrected chi connectivity index (χ3v) is 7.23. The van der Waals surface area contributed by atoms with Crippen molar-refractivity contribution in [3.8, 4) is 11.3 Å². The lowest BCUT2D eigenvalue weighted by atomic mass is 10.2. The molecule has 0 bridgehead atoms. The Balaban J connectivity index is 0.00000280. The molecule has 0 atom stereocenters. The third-order valence-electron chi connectivity index (χ3n) is 4.18. The van der Waals surface area contributed by atoms with Gasteiger partial charge >= 0.3 is 0 Å². The van der Waals surface area contributed by atoms with Crippen LogP contribution in [0, 0.1) is 6.92 Å². The first-order chi connectivity index (χ1) is 12.7. The number of benzene rings is 2. The highest BCUT2D eigenvalue weighted by molar-refractivity contribution is 8.93. The van der Waals surface area contributed by atoms with Gasteiger partial charge in [0.25, 0.3) is 0 Å². The van der Waals surface area contributed by atoms with Gasteiger partial charge in [-0.15, -0.1) is 28.3 Å². The van der Waals surface area contributed by atoms with Gasteiger partial charge in [-0.1, -0.05) is 29.3 Å². The molecule has 0 N–H and O–H groups in total. The molecule has 3 rings (SSSR count). The average Bonchev–Trinajstić information content (AvgIpc) is 2.97. The molecule has 1 aromatic heterocycles. The number of aromatic nitrogens is 1. The van der Waals surface area contributed by atoms with Crippen LogP contribution in [0.2, 0.25) is 5.02 Å². The van der Waals surface area contributed by atoms with Crippen molar-refractivity contribution < 1.29 is 8.42 Å². The summed E-state index contributed by atoms with van der Waals surface area (Å²) in [5, 5.41) is 2.42. The molecular formula is C19H21BrClN3O2S2. The smallest absolute Gasteiger partial charge is 0.242 e. The van der Waals surface area contributed by atoms with Crippen molar-refractivity contribution in [2.24, 2.45) is 12.0 Å². The summed E-state index contributed by atoms with van der Waals surface area (Å²) in [6.45, 7) is 2.03. The average molecular weight is 503 g/mol. The van der Waals surface area contributed by atoms with Gasteiger partial charge in [0.15, 0.2) is 4.80 Å². The molecule has 0 fully saturated rings. The fourth-order valence-electron chi connectivity index (χ4n) is 2.52. The predicted molar refractivity (Wildman–Crippen MR) is 121 cm³/mol. The molecule has 150 valence electrons. The number of sulfonamides is 1. The molecule has 3 aromatic rings. The number of halogens is 2. The molecule has 0 saturated carbocycles. The van der Waals surface area contributed by atoms with Crippen LogP contribution in [0.25, 0.3) is 11.3 Å². The molecule has 0 spiro atoms. The number of rotatable bonds is 4. The maximum absolute atomic E-state index is 12.4. The van der Waals surface area contributed by atoms with Crippen LogP contribution in [0.1, 0.15) is 5.56 Å². The van der Waals surface area contributed by atoms with E-state index in [0.29, 0.717) is 10.6 Å². The quantitative estimate of drug-likeness (QED) is 0.516. The van der Waals surface area contributed by atoms with Crippen LogP contribution in [0.15, 0.2) is 57.7 Å². The van der Waals surface area contributed by atoms with Crippen molar-refractivity contribution in [3.05, 3.63) is 63.2 Å².